The summed E-state index contributed by atoms with van der Waals surface area (Å²) < 4.78 is 16.9. The maximum absolute atomic E-state index is 12.2. The molecule has 0 spiro atoms. The van der Waals surface area contributed by atoms with Gasteiger partial charge in [0.05, 0.1) is 14.2 Å². The van der Waals surface area contributed by atoms with Crippen molar-refractivity contribution < 1.29 is 19.0 Å². The second kappa shape index (κ2) is 7.87. The van der Waals surface area contributed by atoms with Crippen LogP contribution in [-0.2, 0) is 4.79 Å². The monoisotopic (exact) mass is 379 g/mol. The molecule has 122 valence electrons. The second-order valence-corrected chi connectivity index (χ2v) is 5.72. The van der Waals surface area contributed by atoms with E-state index in [1.165, 1.54) is 0 Å². The molecule has 0 fully saturated rings. The summed E-state index contributed by atoms with van der Waals surface area (Å²) in [7, 11) is 3.11. The minimum absolute atomic E-state index is 0.245. The average Bonchev–Trinajstić information content (AvgIpc) is 2.54. The van der Waals surface area contributed by atoms with Gasteiger partial charge < -0.3 is 19.5 Å². The molecule has 2 rings (SSSR count). The van der Waals surface area contributed by atoms with E-state index in [1.54, 1.807) is 39.3 Å². The third kappa shape index (κ3) is 4.89. The molecular formula is C17H18BrNO4. The molecule has 1 amide bonds. The van der Waals surface area contributed by atoms with E-state index in [0.717, 1.165) is 4.47 Å². The summed E-state index contributed by atoms with van der Waals surface area (Å²) in [5.41, 5.74) is 0.697. The summed E-state index contributed by atoms with van der Waals surface area (Å²) in [6.07, 6.45) is -0.675. The van der Waals surface area contributed by atoms with Crippen LogP contribution < -0.4 is 19.5 Å². The SMILES string of the molecule is COc1cc(OC)cc(O[C@@H](C)C(=O)Nc2cccc(Br)c2)c1. The number of hydrogen-bond acceptors (Lipinski definition) is 4. The van der Waals surface area contributed by atoms with Gasteiger partial charge in [0, 0.05) is 28.4 Å². The third-order valence-corrected chi connectivity index (χ3v) is 3.59. The molecule has 0 unspecified atom stereocenters. The molecule has 2 aromatic carbocycles. The van der Waals surface area contributed by atoms with E-state index in [0.29, 0.717) is 22.9 Å². The lowest BCUT2D eigenvalue weighted by atomic mass is 10.2. The number of hydrogen-bond donors (Lipinski definition) is 1. The number of carbonyl (C=O) groups is 1. The Morgan fingerprint density at radius 3 is 2.22 bits per heavy atom. The zero-order valence-electron chi connectivity index (χ0n) is 13.1. The van der Waals surface area contributed by atoms with Gasteiger partial charge in [-0.1, -0.05) is 22.0 Å². The summed E-state index contributed by atoms with van der Waals surface area (Å²) in [6.45, 7) is 1.68. The van der Waals surface area contributed by atoms with Crippen LogP contribution in [0.4, 0.5) is 5.69 Å². The predicted octanol–water partition coefficient (Wildman–Crippen LogP) is 3.87. The molecule has 5 nitrogen and oxygen atoms in total. The Morgan fingerprint density at radius 1 is 1.04 bits per heavy atom. The van der Waals surface area contributed by atoms with Gasteiger partial charge in [0.15, 0.2) is 6.10 Å². The summed E-state index contributed by atoms with van der Waals surface area (Å²) in [4.78, 5) is 12.2. The Balaban J connectivity index is 2.06. The van der Waals surface area contributed by atoms with Gasteiger partial charge in [-0.25, -0.2) is 0 Å². The summed E-state index contributed by atoms with van der Waals surface area (Å²) in [5.74, 6) is 1.45. The smallest absolute Gasteiger partial charge is 0.265 e. The fraction of sp³-hybridized carbons (Fsp3) is 0.235. The highest BCUT2D eigenvalue weighted by molar-refractivity contribution is 9.10. The van der Waals surface area contributed by atoms with E-state index in [-0.39, 0.29) is 5.91 Å². The first-order chi connectivity index (χ1) is 11.0. The highest BCUT2D eigenvalue weighted by Crippen LogP contribution is 2.28. The van der Waals surface area contributed by atoms with E-state index < -0.39 is 6.10 Å². The average molecular weight is 380 g/mol. The summed E-state index contributed by atoms with van der Waals surface area (Å²) >= 11 is 3.36. The number of ether oxygens (including phenoxy) is 3. The topological polar surface area (TPSA) is 56.8 Å². The molecule has 2 aromatic rings. The van der Waals surface area contributed by atoms with Crippen molar-refractivity contribution >= 4 is 27.5 Å². The maximum atomic E-state index is 12.2. The Labute approximate surface area is 143 Å². The highest BCUT2D eigenvalue weighted by atomic mass is 79.9. The molecule has 0 radical (unpaired) electrons. The van der Waals surface area contributed by atoms with Crippen molar-refractivity contribution in [2.75, 3.05) is 19.5 Å². The first-order valence-corrected chi connectivity index (χ1v) is 7.77. The molecule has 0 aliphatic heterocycles. The van der Waals surface area contributed by atoms with Crippen LogP contribution in [0.25, 0.3) is 0 Å². The molecule has 0 heterocycles. The van der Waals surface area contributed by atoms with Crippen molar-refractivity contribution in [2.24, 2.45) is 0 Å². The number of benzene rings is 2. The standard InChI is InChI=1S/C17H18BrNO4/c1-11(17(20)19-13-6-4-5-12(18)7-13)23-16-9-14(21-2)8-15(10-16)22-3/h4-11H,1-3H3,(H,19,20)/t11-/m0/s1. The van der Waals surface area contributed by atoms with Gasteiger partial charge in [-0.3, -0.25) is 4.79 Å². The zero-order chi connectivity index (χ0) is 16.8. The Kier molecular flexibility index (Phi) is 5.87. The van der Waals surface area contributed by atoms with Crippen LogP contribution in [-0.4, -0.2) is 26.2 Å². The van der Waals surface area contributed by atoms with Crippen molar-refractivity contribution in [3.63, 3.8) is 0 Å². The lowest BCUT2D eigenvalue weighted by molar-refractivity contribution is -0.122. The van der Waals surface area contributed by atoms with Gasteiger partial charge in [0.2, 0.25) is 0 Å². The molecule has 0 saturated heterocycles. The minimum atomic E-state index is -0.675. The molecule has 23 heavy (non-hydrogen) atoms. The van der Waals surface area contributed by atoms with E-state index in [2.05, 4.69) is 21.2 Å². The minimum Gasteiger partial charge on any atom is -0.496 e. The highest BCUT2D eigenvalue weighted by Gasteiger charge is 2.16. The third-order valence-electron chi connectivity index (χ3n) is 3.10. The van der Waals surface area contributed by atoms with Gasteiger partial charge in [-0.05, 0) is 25.1 Å². The molecule has 0 aliphatic carbocycles. The van der Waals surface area contributed by atoms with Gasteiger partial charge in [0.1, 0.15) is 17.2 Å². The fourth-order valence-corrected chi connectivity index (χ4v) is 2.32. The van der Waals surface area contributed by atoms with Gasteiger partial charge in [-0.2, -0.15) is 0 Å². The molecule has 0 aromatic heterocycles. The van der Waals surface area contributed by atoms with Gasteiger partial charge in [-0.15, -0.1) is 0 Å². The fourth-order valence-electron chi connectivity index (χ4n) is 1.92. The Bertz CT molecular complexity index is 668. The first kappa shape index (κ1) is 17.1. The molecule has 1 N–H and O–H groups in total. The van der Waals surface area contributed by atoms with Crippen molar-refractivity contribution in [3.05, 3.63) is 46.9 Å². The Hall–Kier alpha value is -2.21. The number of amides is 1. The van der Waals surface area contributed by atoms with E-state index in [4.69, 9.17) is 14.2 Å². The number of carbonyl (C=O) groups excluding carboxylic acids is 1. The molecule has 1 atom stereocenters. The summed E-state index contributed by atoms with van der Waals surface area (Å²) in [5, 5.41) is 2.80. The van der Waals surface area contributed by atoms with Crippen LogP contribution in [0.5, 0.6) is 17.2 Å². The van der Waals surface area contributed by atoms with Crippen LogP contribution in [0.1, 0.15) is 6.92 Å². The number of nitrogens with one attached hydrogen (secondary N) is 1. The van der Waals surface area contributed by atoms with Crippen molar-refractivity contribution in [3.8, 4) is 17.2 Å². The lowest BCUT2D eigenvalue weighted by Crippen LogP contribution is -2.30. The quantitative estimate of drug-likeness (QED) is 0.827. The number of methoxy groups -OCH3 is 2. The number of rotatable bonds is 6. The zero-order valence-corrected chi connectivity index (χ0v) is 14.7. The van der Waals surface area contributed by atoms with E-state index >= 15 is 0 Å². The second-order valence-electron chi connectivity index (χ2n) is 4.81. The van der Waals surface area contributed by atoms with Crippen molar-refractivity contribution in [1.29, 1.82) is 0 Å². The molecule has 0 bridgehead atoms. The predicted molar refractivity (Wildman–Crippen MR) is 92.4 cm³/mol. The van der Waals surface area contributed by atoms with Crippen LogP contribution in [0, 0.1) is 0 Å². The van der Waals surface area contributed by atoms with Crippen molar-refractivity contribution in [1.82, 2.24) is 0 Å². The number of anilines is 1. The lowest BCUT2D eigenvalue weighted by Gasteiger charge is -2.16. The number of halogens is 1. The van der Waals surface area contributed by atoms with Crippen LogP contribution in [0.3, 0.4) is 0 Å². The maximum Gasteiger partial charge on any atom is 0.265 e. The molecular weight excluding hydrogens is 362 g/mol. The van der Waals surface area contributed by atoms with Gasteiger partial charge in [0.25, 0.3) is 5.91 Å². The Morgan fingerprint density at radius 2 is 1.65 bits per heavy atom. The molecule has 6 heteroatoms. The van der Waals surface area contributed by atoms with Crippen LogP contribution >= 0.6 is 15.9 Å². The molecule has 0 aliphatic rings. The molecule has 0 saturated carbocycles. The van der Waals surface area contributed by atoms with E-state index in [1.807, 2.05) is 24.3 Å². The normalized spacial score (nSPS) is 11.5. The first-order valence-electron chi connectivity index (χ1n) is 6.98. The van der Waals surface area contributed by atoms with Crippen LogP contribution in [0.2, 0.25) is 0 Å². The van der Waals surface area contributed by atoms with Gasteiger partial charge >= 0.3 is 0 Å². The van der Waals surface area contributed by atoms with Crippen LogP contribution in [0.15, 0.2) is 46.9 Å². The van der Waals surface area contributed by atoms with E-state index in [9.17, 15) is 4.79 Å². The summed E-state index contributed by atoms with van der Waals surface area (Å²) in [6, 6.07) is 12.5. The van der Waals surface area contributed by atoms with Crippen molar-refractivity contribution in [2.45, 2.75) is 13.0 Å². The largest absolute Gasteiger partial charge is 0.496 e.